The van der Waals surface area contributed by atoms with E-state index in [0.29, 0.717) is 11.7 Å². The van der Waals surface area contributed by atoms with E-state index >= 15 is 0 Å². The van der Waals surface area contributed by atoms with Crippen molar-refractivity contribution in [1.82, 2.24) is 0 Å². The number of thioether (sulfide) groups is 1. The van der Waals surface area contributed by atoms with Crippen LogP contribution in [-0.2, 0) is 9.59 Å². The number of anilines is 2. The van der Waals surface area contributed by atoms with E-state index in [0.717, 1.165) is 29.8 Å². The van der Waals surface area contributed by atoms with E-state index in [1.165, 1.54) is 5.56 Å². The molecular weight excluding hydrogens is 356 g/mol. The highest BCUT2D eigenvalue weighted by atomic mass is 32.2. The molecule has 140 valence electrons. The molecule has 0 aromatic heterocycles. The molecule has 2 aromatic carbocycles. The van der Waals surface area contributed by atoms with Crippen molar-refractivity contribution < 1.29 is 9.59 Å². The van der Waals surface area contributed by atoms with E-state index in [4.69, 9.17) is 0 Å². The Kier molecular flexibility index (Phi) is 4.96. The Morgan fingerprint density at radius 2 is 1.74 bits per heavy atom. The molecule has 5 heteroatoms. The maximum atomic E-state index is 12.5. The Morgan fingerprint density at radius 1 is 1.07 bits per heavy atom. The Balaban J connectivity index is 1.52. The highest BCUT2D eigenvalue weighted by Crippen LogP contribution is 2.42. The van der Waals surface area contributed by atoms with E-state index in [-0.39, 0.29) is 23.1 Å². The molecule has 2 aliphatic rings. The predicted molar refractivity (Wildman–Crippen MR) is 111 cm³/mol. The van der Waals surface area contributed by atoms with Crippen LogP contribution in [0.15, 0.2) is 48.5 Å². The van der Waals surface area contributed by atoms with Gasteiger partial charge in [0.15, 0.2) is 0 Å². The standard InChI is InChI=1S/C22H24N2O2S/c1-14(2)15-7-11-19(12-8-15)24-20(25)13-27-22(24)17-5-9-18(10-6-17)23-21(26)16-3-4-16/h5-12,14,16,22H,3-4,13H2,1-2H3,(H,23,26). The van der Waals surface area contributed by atoms with Crippen molar-refractivity contribution in [3.05, 3.63) is 59.7 Å². The number of carbonyl (C=O) groups excluding carboxylic acids is 2. The molecule has 2 fully saturated rings. The van der Waals surface area contributed by atoms with Crippen molar-refractivity contribution in [1.29, 1.82) is 0 Å². The van der Waals surface area contributed by atoms with Crippen molar-refractivity contribution in [2.75, 3.05) is 16.0 Å². The number of nitrogens with zero attached hydrogens (tertiary/aromatic N) is 1. The van der Waals surface area contributed by atoms with Gasteiger partial charge in [0.05, 0.1) is 5.75 Å². The summed E-state index contributed by atoms with van der Waals surface area (Å²) in [7, 11) is 0. The Bertz CT molecular complexity index is 842. The van der Waals surface area contributed by atoms with Gasteiger partial charge in [0.1, 0.15) is 5.37 Å². The highest BCUT2D eigenvalue weighted by Gasteiger charge is 2.34. The zero-order valence-corrected chi connectivity index (χ0v) is 16.5. The molecular formula is C22H24N2O2S. The molecule has 0 spiro atoms. The lowest BCUT2D eigenvalue weighted by atomic mass is 10.0. The SMILES string of the molecule is CC(C)c1ccc(N2C(=O)CSC2c2ccc(NC(=O)C3CC3)cc2)cc1. The topological polar surface area (TPSA) is 49.4 Å². The maximum Gasteiger partial charge on any atom is 0.238 e. The van der Waals surface area contributed by atoms with Gasteiger partial charge >= 0.3 is 0 Å². The molecule has 27 heavy (non-hydrogen) atoms. The van der Waals surface area contributed by atoms with Crippen LogP contribution in [0.4, 0.5) is 11.4 Å². The number of hydrogen-bond donors (Lipinski definition) is 1. The Labute approximate surface area is 164 Å². The van der Waals surface area contributed by atoms with E-state index in [1.807, 2.05) is 41.3 Å². The lowest BCUT2D eigenvalue weighted by Crippen LogP contribution is -2.27. The monoisotopic (exact) mass is 380 g/mol. The second-order valence-electron chi connectivity index (χ2n) is 7.56. The molecule has 0 radical (unpaired) electrons. The second kappa shape index (κ2) is 7.39. The van der Waals surface area contributed by atoms with Crippen molar-refractivity contribution in [2.45, 2.75) is 38.0 Å². The molecule has 1 aliphatic carbocycles. The van der Waals surface area contributed by atoms with Gasteiger partial charge in [-0.1, -0.05) is 38.1 Å². The van der Waals surface area contributed by atoms with Crippen LogP contribution in [0.2, 0.25) is 0 Å². The quantitative estimate of drug-likeness (QED) is 0.799. The summed E-state index contributed by atoms with van der Waals surface area (Å²) in [5, 5.41) is 2.93. The molecule has 4 rings (SSSR count). The first-order valence-corrected chi connectivity index (χ1v) is 10.5. The normalized spacial score (nSPS) is 19.6. The van der Waals surface area contributed by atoms with Crippen molar-refractivity contribution in [3.8, 4) is 0 Å². The van der Waals surface area contributed by atoms with Crippen molar-refractivity contribution in [3.63, 3.8) is 0 Å². The molecule has 2 aromatic rings. The molecule has 1 atom stereocenters. The first-order chi connectivity index (χ1) is 13.0. The van der Waals surface area contributed by atoms with Crippen LogP contribution in [0.1, 0.15) is 49.1 Å². The summed E-state index contributed by atoms with van der Waals surface area (Å²) in [6.45, 7) is 4.33. The van der Waals surface area contributed by atoms with Gasteiger partial charge in [-0.05, 0) is 54.2 Å². The number of nitrogens with one attached hydrogen (secondary N) is 1. The fourth-order valence-electron chi connectivity index (χ4n) is 3.29. The summed E-state index contributed by atoms with van der Waals surface area (Å²) in [4.78, 5) is 26.3. The molecule has 2 amide bonds. The van der Waals surface area contributed by atoms with Crippen LogP contribution in [0.3, 0.4) is 0 Å². The lowest BCUT2D eigenvalue weighted by molar-refractivity contribution is -0.117. The zero-order valence-electron chi connectivity index (χ0n) is 15.6. The van der Waals surface area contributed by atoms with E-state index in [9.17, 15) is 9.59 Å². The minimum atomic E-state index is -0.0319. The minimum absolute atomic E-state index is 0.0319. The smallest absolute Gasteiger partial charge is 0.238 e. The third-order valence-corrected chi connectivity index (χ3v) is 6.33. The minimum Gasteiger partial charge on any atom is -0.326 e. The van der Waals surface area contributed by atoms with Gasteiger partial charge in [0, 0.05) is 17.3 Å². The van der Waals surface area contributed by atoms with Gasteiger partial charge < -0.3 is 5.32 Å². The number of carbonyl (C=O) groups is 2. The van der Waals surface area contributed by atoms with Crippen LogP contribution >= 0.6 is 11.8 Å². The number of hydrogen-bond acceptors (Lipinski definition) is 3. The van der Waals surface area contributed by atoms with Gasteiger partial charge in [-0.3, -0.25) is 14.5 Å². The van der Waals surface area contributed by atoms with Gasteiger partial charge in [-0.2, -0.15) is 0 Å². The molecule has 1 N–H and O–H groups in total. The van der Waals surface area contributed by atoms with Gasteiger partial charge in [-0.15, -0.1) is 11.8 Å². The molecule has 1 aliphatic heterocycles. The molecule has 4 nitrogen and oxygen atoms in total. The van der Waals surface area contributed by atoms with Crippen LogP contribution in [0.25, 0.3) is 0 Å². The number of rotatable bonds is 5. The maximum absolute atomic E-state index is 12.5. The Hall–Kier alpha value is -2.27. The summed E-state index contributed by atoms with van der Waals surface area (Å²) in [6, 6.07) is 16.2. The average molecular weight is 381 g/mol. The summed E-state index contributed by atoms with van der Waals surface area (Å²) in [6.07, 6.45) is 1.99. The third-order valence-electron chi connectivity index (χ3n) is 5.12. The molecule has 1 saturated carbocycles. The van der Waals surface area contributed by atoms with E-state index < -0.39 is 0 Å². The number of amides is 2. The average Bonchev–Trinajstić information content (AvgIpc) is 3.45. The molecule has 0 bridgehead atoms. The zero-order chi connectivity index (χ0) is 19.0. The first kappa shape index (κ1) is 18.1. The fraction of sp³-hybridized carbons (Fsp3) is 0.364. The van der Waals surface area contributed by atoms with Gasteiger partial charge in [-0.25, -0.2) is 0 Å². The second-order valence-corrected chi connectivity index (χ2v) is 8.63. The summed E-state index contributed by atoms with van der Waals surface area (Å²) < 4.78 is 0. The molecule has 1 saturated heterocycles. The highest BCUT2D eigenvalue weighted by molar-refractivity contribution is 8.00. The van der Waals surface area contributed by atoms with Gasteiger partial charge in [0.2, 0.25) is 11.8 Å². The van der Waals surface area contributed by atoms with E-state index in [1.54, 1.807) is 11.8 Å². The lowest BCUT2D eigenvalue weighted by Gasteiger charge is -2.25. The summed E-state index contributed by atoms with van der Waals surface area (Å²) in [5.74, 6) is 1.39. The first-order valence-electron chi connectivity index (χ1n) is 9.47. The van der Waals surface area contributed by atoms with Crippen molar-refractivity contribution >= 4 is 35.0 Å². The Morgan fingerprint density at radius 3 is 2.33 bits per heavy atom. The third kappa shape index (κ3) is 3.88. The predicted octanol–water partition coefficient (Wildman–Crippen LogP) is 4.94. The van der Waals surface area contributed by atoms with Crippen LogP contribution in [0.5, 0.6) is 0 Å². The summed E-state index contributed by atoms with van der Waals surface area (Å²) >= 11 is 1.64. The van der Waals surface area contributed by atoms with Gasteiger partial charge in [0.25, 0.3) is 0 Å². The fourth-order valence-corrected chi connectivity index (χ4v) is 4.47. The summed E-state index contributed by atoms with van der Waals surface area (Å²) in [5.41, 5.74) is 4.09. The molecule has 1 unspecified atom stereocenters. The van der Waals surface area contributed by atoms with Crippen LogP contribution in [0, 0.1) is 5.92 Å². The molecule has 1 heterocycles. The largest absolute Gasteiger partial charge is 0.326 e. The van der Waals surface area contributed by atoms with Crippen LogP contribution in [-0.4, -0.2) is 17.6 Å². The number of benzene rings is 2. The van der Waals surface area contributed by atoms with Crippen molar-refractivity contribution in [2.24, 2.45) is 5.92 Å². The van der Waals surface area contributed by atoms with Crippen LogP contribution < -0.4 is 10.2 Å². The van der Waals surface area contributed by atoms with E-state index in [2.05, 4.69) is 31.3 Å².